The molecule has 0 bridgehead atoms. The van der Waals surface area contributed by atoms with Crippen molar-refractivity contribution in [3.05, 3.63) is 259 Å². The number of hydrogen-bond donors (Lipinski definition) is 0. The quantitative estimate of drug-likeness (QED) is 0.164. The van der Waals surface area contributed by atoms with Crippen LogP contribution in [-0.2, 0) is 5.41 Å². The zero-order valence-corrected chi connectivity index (χ0v) is 36.4. The molecule has 2 aliphatic rings. The lowest BCUT2D eigenvalue weighted by Gasteiger charge is -2.37. The highest BCUT2D eigenvalue weighted by molar-refractivity contribution is 6.27. The summed E-state index contributed by atoms with van der Waals surface area (Å²) in [5.74, 6) is 0. The summed E-state index contributed by atoms with van der Waals surface area (Å²) >= 11 is 0. The Morgan fingerprint density at radius 1 is 0.313 bits per heavy atom. The van der Waals surface area contributed by atoms with Gasteiger partial charge in [0.05, 0.1) is 11.1 Å². The maximum absolute atomic E-state index is 6.43. The SMILES string of the molecule is c1ccc(-c2ccccc2N(c2ccc3c(c2)C2(c4ccccc4-c4ccccc4-3)c3ccccc3-c3c2cc2ccc4cccc5ccc3c2c45)c2ccc3oc4ccccc4c3c2)cc1. The molecule has 2 heteroatoms. The van der Waals surface area contributed by atoms with Crippen LogP contribution in [0.1, 0.15) is 22.3 Å². The molecule has 1 aromatic heterocycles. The molecule has 13 aromatic rings. The number of anilines is 3. The first-order valence-corrected chi connectivity index (χ1v) is 23.2. The number of para-hydroxylation sites is 2. The highest BCUT2D eigenvalue weighted by atomic mass is 16.3. The molecule has 1 unspecified atom stereocenters. The topological polar surface area (TPSA) is 16.4 Å². The van der Waals surface area contributed by atoms with Crippen LogP contribution in [0.5, 0.6) is 0 Å². The highest BCUT2D eigenvalue weighted by Gasteiger charge is 2.50. The summed E-state index contributed by atoms with van der Waals surface area (Å²) in [4.78, 5) is 2.47. The van der Waals surface area contributed by atoms with Crippen LogP contribution < -0.4 is 4.90 Å². The molecule has 0 radical (unpaired) electrons. The van der Waals surface area contributed by atoms with Gasteiger partial charge in [-0.05, 0) is 142 Å². The fourth-order valence-corrected chi connectivity index (χ4v) is 12.3. The van der Waals surface area contributed by atoms with Crippen LogP contribution in [-0.4, -0.2) is 0 Å². The summed E-state index contributed by atoms with van der Waals surface area (Å²) in [7, 11) is 0. The maximum Gasteiger partial charge on any atom is 0.135 e. The molecule has 310 valence electrons. The van der Waals surface area contributed by atoms with Gasteiger partial charge in [0.1, 0.15) is 11.2 Å². The van der Waals surface area contributed by atoms with Gasteiger partial charge in [-0.3, -0.25) is 0 Å². The molecule has 0 N–H and O–H groups in total. The molecule has 0 saturated carbocycles. The van der Waals surface area contributed by atoms with Crippen molar-refractivity contribution in [1.29, 1.82) is 0 Å². The molecular formula is C65H39NO. The minimum Gasteiger partial charge on any atom is -0.456 e. The second-order valence-corrected chi connectivity index (χ2v) is 18.3. The monoisotopic (exact) mass is 849 g/mol. The number of nitrogens with zero attached hydrogens (tertiary/aromatic N) is 1. The fraction of sp³-hybridized carbons (Fsp3) is 0.0154. The van der Waals surface area contributed by atoms with E-state index in [-0.39, 0.29) is 0 Å². The molecule has 0 amide bonds. The number of hydrogen-bond acceptors (Lipinski definition) is 2. The van der Waals surface area contributed by atoms with E-state index in [0.717, 1.165) is 50.1 Å². The van der Waals surface area contributed by atoms with Crippen LogP contribution in [0.3, 0.4) is 0 Å². The fourth-order valence-electron chi connectivity index (χ4n) is 12.3. The number of benzene rings is 12. The Kier molecular flexibility index (Phi) is 7.46. The normalized spacial score (nSPS) is 14.6. The Morgan fingerprint density at radius 2 is 0.910 bits per heavy atom. The van der Waals surface area contributed by atoms with Gasteiger partial charge in [-0.1, -0.05) is 188 Å². The summed E-state index contributed by atoms with van der Waals surface area (Å²) in [5, 5.41) is 10.00. The lowest BCUT2D eigenvalue weighted by molar-refractivity contribution is 0.669. The van der Waals surface area contributed by atoms with Gasteiger partial charge < -0.3 is 9.32 Å². The largest absolute Gasteiger partial charge is 0.456 e. The zero-order valence-electron chi connectivity index (χ0n) is 36.4. The van der Waals surface area contributed by atoms with Crippen LogP contribution in [0.4, 0.5) is 17.1 Å². The molecule has 0 fully saturated rings. The number of rotatable bonds is 4. The van der Waals surface area contributed by atoms with E-state index in [1.807, 2.05) is 6.07 Å². The minimum absolute atomic E-state index is 0.688. The Bertz CT molecular complexity index is 4160. The van der Waals surface area contributed by atoms with Gasteiger partial charge in [-0.2, -0.15) is 0 Å². The number of fused-ring (bicyclic) bond motifs is 16. The third-order valence-electron chi connectivity index (χ3n) is 15.0. The van der Waals surface area contributed by atoms with Gasteiger partial charge in [0.15, 0.2) is 0 Å². The molecule has 1 heterocycles. The van der Waals surface area contributed by atoms with Crippen LogP contribution in [0.2, 0.25) is 0 Å². The molecule has 0 saturated heterocycles. The van der Waals surface area contributed by atoms with Gasteiger partial charge in [0.2, 0.25) is 0 Å². The number of furan rings is 1. The second kappa shape index (κ2) is 13.7. The van der Waals surface area contributed by atoms with Crippen LogP contribution in [0.25, 0.3) is 98.8 Å². The Labute approximate surface area is 387 Å². The third kappa shape index (κ3) is 4.94. The summed E-state index contributed by atoms with van der Waals surface area (Å²) in [6.45, 7) is 0. The smallest absolute Gasteiger partial charge is 0.135 e. The predicted octanol–water partition coefficient (Wildman–Crippen LogP) is 17.6. The molecule has 67 heavy (non-hydrogen) atoms. The molecule has 2 nitrogen and oxygen atoms in total. The average Bonchev–Trinajstić information content (AvgIpc) is 3.88. The Morgan fingerprint density at radius 3 is 1.73 bits per heavy atom. The first-order valence-electron chi connectivity index (χ1n) is 23.2. The lowest BCUT2D eigenvalue weighted by Crippen LogP contribution is -2.29. The standard InChI is InChI=1S/C65H39NO/c1-2-15-40(16-3-1)46-19-8-12-27-59(46)66(44-33-36-61-54(38-44)51-23-9-13-28-60(51)67-61)45-32-35-50-48-21-5-4-20-47(48)49-22-6-10-25-55(49)65(57(50)39-45)56-26-11-7-24-52(56)64-53-34-31-42-18-14-17-41-29-30-43(37-58(64)65)63(53)62(41)42/h1-39H. The first kappa shape index (κ1) is 36.6. The van der Waals surface area contributed by atoms with E-state index < -0.39 is 5.41 Å². The van der Waals surface area contributed by atoms with Crippen molar-refractivity contribution < 1.29 is 4.42 Å². The van der Waals surface area contributed by atoms with E-state index in [4.69, 9.17) is 4.42 Å². The van der Waals surface area contributed by atoms with E-state index in [1.54, 1.807) is 0 Å². The molecular weight excluding hydrogens is 811 g/mol. The van der Waals surface area contributed by atoms with Crippen molar-refractivity contribution in [2.75, 3.05) is 4.90 Å². The van der Waals surface area contributed by atoms with E-state index in [0.29, 0.717) is 0 Å². The molecule has 2 aliphatic carbocycles. The van der Waals surface area contributed by atoms with E-state index in [1.165, 1.54) is 88.0 Å². The third-order valence-corrected chi connectivity index (χ3v) is 15.0. The summed E-state index contributed by atoms with van der Waals surface area (Å²) < 4.78 is 6.43. The van der Waals surface area contributed by atoms with Crippen molar-refractivity contribution in [2.45, 2.75) is 5.41 Å². The zero-order chi connectivity index (χ0) is 43.8. The van der Waals surface area contributed by atoms with Crippen molar-refractivity contribution in [2.24, 2.45) is 0 Å². The van der Waals surface area contributed by atoms with Crippen LogP contribution in [0.15, 0.2) is 241 Å². The first-order chi connectivity index (χ1) is 33.2. The predicted molar refractivity (Wildman–Crippen MR) is 279 cm³/mol. The highest BCUT2D eigenvalue weighted by Crippen LogP contribution is 2.64. The second-order valence-electron chi connectivity index (χ2n) is 18.3. The molecule has 1 atom stereocenters. The average molecular weight is 850 g/mol. The van der Waals surface area contributed by atoms with Crippen molar-refractivity contribution in [3.8, 4) is 44.5 Å². The van der Waals surface area contributed by atoms with E-state index in [9.17, 15) is 0 Å². The van der Waals surface area contributed by atoms with E-state index >= 15 is 0 Å². The Balaban J connectivity index is 1.09. The van der Waals surface area contributed by atoms with Crippen LogP contribution >= 0.6 is 0 Å². The van der Waals surface area contributed by atoms with Crippen LogP contribution in [0, 0.1) is 0 Å². The minimum atomic E-state index is -0.688. The Hall–Kier alpha value is -8.72. The van der Waals surface area contributed by atoms with E-state index in [2.05, 4.69) is 235 Å². The molecule has 0 aliphatic heterocycles. The summed E-state index contributed by atoms with van der Waals surface area (Å²) in [6.07, 6.45) is 0. The van der Waals surface area contributed by atoms with Gasteiger partial charge in [-0.15, -0.1) is 0 Å². The van der Waals surface area contributed by atoms with Crippen molar-refractivity contribution in [1.82, 2.24) is 0 Å². The van der Waals surface area contributed by atoms with Crippen molar-refractivity contribution in [3.63, 3.8) is 0 Å². The summed E-state index contributed by atoms with van der Waals surface area (Å²) in [6, 6.07) is 88.1. The molecule has 12 aromatic carbocycles. The summed E-state index contributed by atoms with van der Waals surface area (Å²) in [5.41, 5.74) is 19.4. The maximum atomic E-state index is 6.43. The molecule has 1 spiro atoms. The van der Waals surface area contributed by atoms with Gasteiger partial charge in [0, 0.05) is 27.7 Å². The van der Waals surface area contributed by atoms with Crippen molar-refractivity contribution >= 4 is 71.3 Å². The lowest BCUT2D eigenvalue weighted by atomic mass is 9.65. The van der Waals surface area contributed by atoms with Gasteiger partial charge >= 0.3 is 0 Å². The van der Waals surface area contributed by atoms with Gasteiger partial charge in [-0.25, -0.2) is 0 Å². The molecule has 15 rings (SSSR count). The van der Waals surface area contributed by atoms with Gasteiger partial charge in [0.25, 0.3) is 0 Å².